The maximum absolute atomic E-state index is 13.0. The molecule has 0 radical (unpaired) electrons. The van der Waals surface area contributed by atoms with Gasteiger partial charge in [-0.25, -0.2) is 9.66 Å². The summed E-state index contributed by atoms with van der Waals surface area (Å²) < 4.78 is 1.33. The Labute approximate surface area is 169 Å². The summed E-state index contributed by atoms with van der Waals surface area (Å²) in [4.78, 5) is 19.2. The summed E-state index contributed by atoms with van der Waals surface area (Å²) in [6, 6.07) is 10.1. The Balaban J connectivity index is 1.65. The predicted octanol–water partition coefficient (Wildman–Crippen LogP) is 4.74. The standard InChI is InChI=1S/C19H16N4OS3/c1-11-5-6-12(2)14(8-11)21-19(25)22-23-10-20-17-16(18(23)24)13(9-27-17)15-4-3-7-26-15/h3-10H,1-2H3,(H2,21,22,25). The lowest BCUT2D eigenvalue weighted by molar-refractivity contribution is 0.899. The highest BCUT2D eigenvalue weighted by Gasteiger charge is 2.14. The molecule has 3 aromatic heterocycles. The van der Waals surface area contributed by atoms with Gasteiger partial charge in [-0.1, -0.05) is 18.2 Å². The van der Waals surface area contributed by atoms with Gasteiger partial charge < -0.3 is 5.32 Å². The highest BCUT2D eigenvalue weighted by atomic mass is 32.1. The molecule has 136 valence electrons. The van der Waals surface area contributed by atoms with E-state index in [2.05, 4.69) is 15.7 Å². The first kappa shape index (κ1) is 17.8. The van der Waals surface area contributed by atoms with Crippen LogP contribution in [-0.4, -0.2) is 14.8 Å². The van der Waals surface area contributed by atoms with E-state index in [-0.39, 0.29) is 5.56 Å². The topological polar surface area (TPSA) is 58.9 Å². The van der Waals surface area contributed by atoms with Crippen LogP contribution < -0.4 is 16.3 Å². The molecular formula is C19H16N4OS3. The van der Waals surface area contributed by atoms with E-state index in [4.69, 9.17) is 12.2 Å². The Hall–Kier alpha value is -2.55. The monoisotopic (exact) mass is 412 g/mol. The lowest BCUT2D eigenvalue weighted by Gasteiger charge is -2.14. The molecule has 0 saturated heterocycles. The fraction of sp³-hybridized carbons (Fsp3) is 0.105. The van der Waals surface area contributed by atoms with E-state index in [0.29, 0.717) is 10.5 Å². The van der Waals surface area contributed by atoms with Crippen molar-refractivity contribution in [3.05, 3.63) is 68.9 Å². The highest BCUT2D eigenvalue weighted by Crippen LogP contribution is 2.33. The smallest absolute Gasteiger partial charge is 0.281 e. The van der Waals surface area contributed by atoms with Gasteiger partial charge in [0.2, 0.25) is 0 Å². The summed E-state index contributed by atoms with van der Waals surface area (Å²) in [5.74, 6) is 0. The van der Waals surface area contributed by atoms with Crippen LogP contribution in [-0.2, 0) is 0 Å². The quantitative estimate of drug-likeness (QED) is 0.476. The SMILES string of the molecule is Cc1ccc(C)c(NC(=S)Nn2cnc3scc(-c4cccs4)c3c2=O)c1. The second-order valence-corrected chi connectivity index (χ2v) is 8.32. The van der Waals surface area contributed by atoms with Crippen molar-refractivity contribution >= 4 is 55.9 Å². The first-order valence-corrected chi connectivity index (χ1v) is 10.4. The van der Waals surface area contributed by atoms with Crippen LogP contribution in [0.4, 0.5) is 5.69 Å². The van der Waals surface area contributed by atoms with Crippen molar-refractivity contribution in [2.75, 3.05) is 10.7 Å². The Kier molecular flexibility index (Phi) is 4.77. The molecule has 1 aromatic carbocycles. The van der Waals surface area contributed by atoms with Crippen molar-refractivity contribution in [3.8, 4) is 10.4 Å². The maximum Gasteiger partial charge on any atom is 0.281 e. The summed E-state index contributed by atoms with van der Waals surface area (Å²) >= 11 is 8.46. The number of aromatic nitrogens is 2. The molecule has 5 nitrogen and oxygen atoms in total. The van der Waals surface area contributed by atoms with Gasteiger partial charge >= 0.3 is 0 Å². The van der Waals surface area contributed by atoms with Crippen molar-refractivity contribution in [2.45, 2.75) is 13.8 Å². The molecule has 27 heavy (non-hydrogen) atoms. The van der Waals surface area contributed by atoms with Crippen LogP contribution in [0.15, 0.2) is 52.2 Å². The largest absolute Gasteiger partial charge is 0.331 e. The van der Waals surface area contributed by atoms with Crippen molar-refractivity contribution in [1.29, 1.82) is 0 Å². The Bertz CT molecular complexity index is 1190. The van der Waals surface area contributed by atoms with E-state index >= 15 is 0 Å². The minimum Gasteiger partial charge on any atom is -0.331 e. The van der Waals surface area contributed by atoms with E-state index in [9.17, 15) is 4.79 Å². The van der Waals surface area contributed by atoms with Gasteiger partial charge in [0.15, 0.2) is 5.11 Å². The predicted molar refractivity (Wildman–Crippen MR) is 119 cm³/mol. The third-order valence-electron chi connectivity index (χ3n) is 4.14. The first-order chi connectivity index (χ1) is 13.0. The Morgan fingerprint density at radius 2 is 2.07 bits per heavy atom. The molecule has 0 aliphatic heterocycles. The molecule has 0 atom stereocenters. The van der Waals surface area contributed by atoms with Gasteiger partial charge in [0.25, 0.3) is 5.56 Å². The average molecular weight is 413 g/mol. The number of aryl methyl sites for hydroxylation is 2. The molecular weight excluding hydrogens is 396 g/mol. The van der Waals surface area contributed by atoms with Crippen LogP contribution in [0.25, 0.3) is 20.7 Å². The summed E-state index contributed by atoms with van der Waals surface area (Å²) in [5.41, 5.74) is 6.78. The zero-order valence-corrected chi connectivity index (χ0v) is 17.1. The van der Waals surface area contributed by atoms with Gasteiger partial charge in [-0.15, -0.1) is 22.7 Å². The number of fused-ring (bicyclic) bond motifs is 1. The van der Waals surface area contributed by atoms with Gasteiger partial charge in [-0.2, -0.15) is 0 Å². The zero-order chi connectivity index (χ0) is 19.0. The van der Waals surface area contributed by atoms with Crippen LogP contribution in [0.5, 0.6) is 0 Å². The van der Waals surface area contributed by atoms with Gasteiger partial charge in [-0.05, 0) is 54.7 Å². The van der Waals surface area contributed by atoms with Crippen LogP contribution in [0.2, 0.25) is 0 Å². The fourth-order valence-electron chi connectivity index (χ4n) is 2.76. The number of hydrogen-bond acceptors (Lipinski definition) is 5. The summed E-state index contributed by atoms with van der Waals surface area (Å²) in [7, 11) is 0. The third-order valence-corrected chi connectivity index (χ3v) is 6.13. The number of thiophene rings is 2. The maximum atomic E-state index is 13.0. The molecule has 0 aliphatic carbocycles. The van der Waals surface area contributed by atoms with E-state index < -0.39 is 0 Å². The summed E-state index contributed by atoms with van der Waals surface area (Å²) in [6.45, 7) is 4.02. The molecule has 0 amide bonds. The number of anilines is 1. The van der Waals surface area contributed by atoms with E-state index in [1.165, 1.54) is 22.3 Å². The van der Waals surface area contributed by atoms with Gasteiger partial charge in [0, 0.05) is 21.5 Å². The number of hydrogen-bond donors (Lipinski definition) is 2. The van der Waals surface area contributed by atoms with Crippen LogP contribution in [0, 0.1) is 13.8 Å². The van der Waals surface area contributed by atoms with E-state index in [1.54, 1.807) is 11.3 Å². The number of thiocarbonyl (C=S) groups is 1. The number of nitrogens with one attached hydrogen (secondary N) is 2. The van der Waals surface area contributed by atoms with Crippen molar-refractivity contribution < 1.29 is 0 Å². The normalized spacial score (nSPS) is 10.9. The van der Waals surface area contributed by atoms with Crippen LogP contribution in [0.3, 0.4) is 0 Å². The van der Waals surface area contributed by atoms with E-state index in [1.807, 2.05) is 54.9 Å². The molecule has 2 N–H and O–H groups in total. The molecule has 0 bridgehead atoms. The molecule has 0 fully saturated rings. The van der Waals surface area contributed by atoms with E-state index in [0.717, 1.165) is 32.1 Å². The van der Waals surface area contributed by atoms with Crippen LogP contribution >= 0.6 is 34.9 Å². The second kappa shape index (κ2) is 7.22. The number of rotatable bonds is 3. The fourth-order valence-corrected chi connectivity index (χ4v) is 4.68. The molecule has 0 aliphatic rings. The highest BCUT2D eigenvalue weighted by molar-refractivity contribution is 7.80. The lowest BCUT2D eigenvalue weighted by Crippen LogP contribution is -2.35. The zero-order valence-electron chi connectivity index (χ0n) is 14.6. The molecule has 0 unspecified atom stereocenters. The molecule has 3 heterocycles. The summed E-state index contributed by atoms with van der Waals surface area (Å²) in [5, 5.41) is 8.05. The lowest BCUT2D eigenvalue weighted by atomic mass is 10.1. The molecule has 4 rings (SSSR count). The molecule has 4 aromatic rings. The first-order valence-electron chi connectivity index (χ1n) is 8.21. The summed E-state index contributed by atoms with van der Waals surface area (Å²) in [6.07, 6.45) is 1.47. The van der Waals surface area contributed by atoms with Crippen LogP contribution in [0.1, 0.15) is 11.1 Å². The number of benzene rings is 1. The number of nitrogens with zero attached hydrogens (tertiary/aromatic N) is 2. The van der Waals surface area contributed by atoms with Gasteiger partial charge in [-0.3, -0.25) is 10.2 Å². The van der Waals surface area contributed by atoms with Gasteiger partial charge in [0.1, 0.15) is 11.2 Å². The van der Waals surface area contributed by atoms with Gasteiger partial charge in [0.05, 0.1) is 5.39 Å². The second-order valence-electron chi connectivity index (χ2n) is 6.11. The molecule has 8 heteroatoms. The Morgan fingerprint density at radius 3 is 2.85 bits per heavy atom. The molecule has 0 saturated carbocycles. The average Bonchev–Trinajstić information content (AvgIpc) is 3.30. The van der Waals surface area contributed by atoms with Crippen molar-refractivity contribution in [3.63, 3.8) is 0 Å². The third kappa shape index (κ3) is 3.51. The Morgan fingerprint density at radius 1 is 1.22 bits per heavy atom. The van der Waals surface area contributed by atoms with Crippen molar-refractivity contribution in [2.24, 2.45) is 0 Å². The minimum absolute atomic E-state index is 0.172. The van der Waals surface area contributed by atoms with Crippen molar-refractivity contribution in [1.82, 2.24) is 9.66 Å². The minimum atomic E-state index is -0.172. The molecule has 0 spiro atoms.